The van der Waals surface area contributed by atoms with Crippen molar-refractivity contribution in [2.24, 2.45) is 5.41 Å². The van der Waals surface area contributed by atoms with E-state index < -0.39 is 0 Å². The van der Waals surface area contributed by atoms with Crippen LogP contribution >= 0.6 is 11.6 Å². The second kappa shape index (κ2) is 4.32. The van der Waals surface area contributed by atoms with E-state index in [0.29, 0.717) is 6.42 Å². The fraction of sp³-hybridized carbons (Fsp3) is 0.900. The van der Waals surface area contributed by atoms with Crippen LogP contribution in [0.5, 0.6) is 0 Å². The summed E-state index contributed by atoms with van der Waals surface area (Å²) in [6.07, 6.45) is 1.20. The number of alkyl halides is 1. The van der Waals surface area contributed by atoms with Crippen LogP contribution in [0, 0.1) is 5.41 Å². The molecule has 78 valence electrons. The Morgan fingerprint density at radius 2 is 1.77 bits per heavy atom. The molecule has 0 bridgehead atoms. The van der Waals surface area contributed by atoms with Crippen molar-refractivity contribution < 1.29 is 9.53 Å². The quantitative estimate of drug-likeness (QED) is 0.522. The summed E-state index contributed by atoms with van der Waals surface area (Å²) >= 11 is 6.09. The van der Waals surface area contributed by atoms with Crippen molar-refractivity contribution in [2.75, 3.05) is 7.11 Å². The summed E-state index contributed by atoms with van der Waals surface area (Å²) < 4.78 is 4.62. The zero-order chi connectivity index (χ0) is 10.7. The Morgan fingerprint density at radius 3 is 2.08 bits per heavy atom. The minimum Gasteiger partial charge on any atom is -0.469 e. The van der Waals surface area contributed by atoms with Gasteiger partial charge < -0.3 is 4.74 Å². The Labute approximate surface area is 85.6 Å². The second-order valence-electron chi connectivity index (χ2n) is 4.81. The normalized spacial score (nSPS) is 12.8. The highest BCUT2D eigenvalue weighted by Gasteiger charge is 2.29. The standard InChI is InChI=1S/C10H19ClO2/c1-9(2,6-8(12)13-5)7-10(3,4)11/h6-7H2,1-5H3. The van der Waals surface area contributed by atoms with Crippen molar-refractivity contribution in [2.45, 2.75) is 45.4 Å². The number of hydrogen-bond donors (Lipinski definition) is 0. The number of halogens is 1. The highest BCUT2D eigenvalue weighted by Crippen LogP contribution is 2.34. The summed E-state index contributed by atoms with van der Waals surface area (Å²) in [5, 5.41) is 0. The van der Waals surface area contributed by atoms with Crippen LogP contribution in [0.2, 0.25) is 0 Å². The van der Waals surface area contributed by atoms with E-state index in [1.165, 1.54) is 7.11 Å². The molecule has 0 aliphatic rings. The fourth-order valence-corrected chi connectivity index (χ4v) is 2.03. The Kier molecular flexibility index (Phi) is 4.24. The first-order valence-corrected chi connectivity index (χ1v) is 4.80. The Morgan fingerprint density at radius 1 is 1.31 bits per heavy atom. The van der Waals surface area contributed by atoms with Gasteiger partial charge in [0, 0.05) is 4.87 Å². The maximum absolute atomic E-state index is 11.0. The fourth-order valence-electron chi connectivity index (χ4n) is 1.66. The molecule has 0 aromatic carbocycles. The van der Waals surface area contributed by atoms with E-state index in [9.17, 15) is 4.79 Å². The molecule has 0 rings (SSSR count). The van der Waals surface area contributed by atoms with Crippen molar-refractivity contribution >= 4 is 17.6 Å². The number of rotatable bonds is 4. The van der Waals surface area contributed by atoms with Gasteiger partial charge in [-0.25, -0.2) is 0 Å². The Hall–Kier alpha value is -0.240. The smallest absolute Gasteiger partial charge is 0.306 e. The molecule has 0 atom stereocenters. The van der Waals surface area contributed by atoms with Crippen LogP contribution < -0.4 is 0 Å². The Balaban J connectivity index is 4.16. The monoisotopic (exact) mass is 206 g/mol. The van der Waals surface area contributed by atoms with E-state index >= 15 is 0 Å². The third-order valence-corrected chi connectivity index (χ3v) is 1.88. The van der Waals surface area contributed by atoms with Crippen molar-refractivity contribution in [3.8, 4) is 0 Å². The molecular formula is C10H19ClO2. The average molecular weight is 207 g/mol. The van der Waals surface area contributed by atoms with Gasteiger partial charge in [0.1, 0.15) is 0 Å². The number of ether oxygens (including phenoxy) is 1. The average Bonchev–Trinajstić information content (AvgIpc) is 1.80. The lowest BCUT2D eigenvalue weighted by Crippen LogP contribution is -2.26. The Bertz CT molecular complexity index is 180. The summed E-state index contributed by atoms with van der Waals surface area (Å²) in [5.74, 6) is -0.175. The summed E-state index contributed by atoms with van der Waals surface area (Å²) in [7, 11) is 1.41. The minimum absolute atomic E-state index is 0.0989. The molecule has 13 heavy (non-hydrogen) atoms. The molecule has 0 amide bonds. The topological polar surface area (TPSA) is 26.3 Å². The van der Waals surface area contributed by atoms with E-state index in [1.807, 2.05) is 27.7 Å². The molecule has 2 nitrogen and oxygen atoms in total. The molecule has 0 aliphatic heterocycles. The van der Waals surface area contributed by atoms with Crippen LogP contribution in [0.3, 0.4) is 0 Å². The largest absolute Gasteiger partial charge is 0.469 e. The molecule has 0 aliphatic carbocycles. The van der Waals surface area contributed by atoms with Crippen molar-refractivity contribution in [3.63, 3.8) is 0 Å². The van der Waals surface area contributed by atoms with Crippen LogP contribution in [0.4, 0.5) is 0 Å². The molecule has 0 fully saturated rings. The third-order valence-electron chi connectivity index (χ3n) is 1.75. The number of methoxy groups -OCH3 is 1. The number of hydrogen-bond acceptors (Lipinski definition) is 2. The van der Waals surface area contributed by atoms with E-state index in [0.717, 1.165) is 6.42 Å². The zero-order valence-electron chi connectivity index (χ0n) is 9.11. The van der Waals surface area contributed by atoms with Gasteiger partial charge >= 0.3 is 5.97 Å². The molecule has 0 aromatic heterocycles. The van der Waals surface area contributed by atoms with E-state index in [4.69, 9.17) is 11.6 Å². The lowest BCUT2D eigenvalue weighted by atomic mass is 9.81. The molecule has 0 saturated carbocycles. The van der Waals surface area contributed by atoms with Gasteiger partial charge in [0.15, 0.2) is 0 Å². The van der Waals surface area contributed by atoms with Gasteiger partial charge in [0.25, 0.3) is 0 Å². The first-order chi connectivity index (χ1) is 5.66. The summed E-state index contributed by atoms with van der Waals surface area (Å²) in [4.78, 5) is 10.8. The molecule has 0 spiro atoms. The van der Waals surface area contributed by atoms with Crippen LogP contribution in [-0.2, 0) is 9.53 Å². The summed E-state index contributed by atoms with van der Waals surface area (Å²) in [6.45, 7) is 7.95. The summed E-state index contributed by atoms with van der Waals surface area (Å²) in [5.41, 5.74) is -0.0989. The van der Waals surface area contributed by atoms with Gasteiger partial charge in [0.2, 0.25) is 0 Å². The first-order valence-electron chi connectivity index (χ1n) is 4.42. The number of carbonyl (C=O) groups excluding carboxylic acids is 1. The molecular weight excluding hydrogens is 188 g/mol. The van der Waals surface area contributed by atoms with E-state index in [2.05, 4.69) is 4.74 Å². The van der Waals surface area contributed by atoms with E-state index in [-0.39, 0.29) is 16.3 Å². The van der Waals surface area contributed by atoms with Gasteiger partial charge in [-0.1, -0.05) is 13.8 Å². The molecule has 0 unspecified atom stereocenters. The van der Waals surface area contributed by atoms with Gasteiger partial charge in [-0.3, -0.25) is 4.79 Å². The molecule has 0 N–H and O–H groups in total. The van der Waals surface area contributed by atoms with Crippen molar-refractivity contribution in [3.05, 3.63) is 0 Å². The van der Waals surface area contributed by atoms with Gasteiger partial charge in [-0.2, -0.15) is 0 Å². The predicted octanol–water partition coefficient (Wildman–Crippen LogP) is 2.98. The maximum atomic E-state index is 11.0. The minimum atomic E-state index is -0.266. The zero-order valence-corrected chi connectivity index (χ0v) is 9.86. The third kappa shape index (κ3) is 6.88. The van der Waals surface area contributed by atoms with Crippen LogP contribution in [0.25, 0.3) is 0 Å². The van der Waals surface area contributed by atoms with Crippen molar-refractivity contribution in [1.82, 2.24) is 0 Å². The predicted molar refractivity (Wildman–Crippen MR) is 55.0 cm³/mol. The number of carbonyl (C=O) groups is 1. The molecule has 0 heterocycles. The molecule has 0 saturated heterocycles. The molecule has 0 aromatic rings. The van der Waals surface area contributed by atoms with Crippen LogP contribution in [0.1, 0.15) is 40.5 Å². The highest BCUT2D eigenvalue weighted by molar-refractivity contribution is 6.23. The van der Waals surface area contributed by atoms with E-state index in [1.54, 1.807) is 0 Å². The lowest BCUT2D eigenvalue weighted by molar-refractivity contribution is -0.143. The maximum Gasteiger partial charge on any atom is 0.306 e. The van der Waals surface area contributed by atoms with Gasteiger partial charge in [-0.15, -0.1) is 11.6 Å². The van der Waals surface area contributed by atoms with Crippen molar-refractivity contribution in [1.29, 1.82) is 0 Å². The first kappa shape index (κ1) is 12.8. The SMILES string of the molecule is COC(=O)CC(C)(C)CC(C)(C)Cl. The van der Waals surface area contributed by atoms with Gasteiger partial charge in [0.05, 0.1) is 13.5 Å². The van der Waals surface area contributed by atoms with Crippen LogP contribution in [-0.4, -0.2) is 18.0 Å². The second-order valence-corrected chi connectivity index (χ2v) is 5.84. The molecule has 0 radical (unpaired) electrons. The number of esters is 1. The van der Waals surface area contributed by atoms with Gasteiger partial charge in [-0.05, 0) is 25.7 Å². The summed E-state index contributed by atoms with van der Waals surface area (Å²) in [6, 6.07) is 0. The molecule has 3 heteroatoms. The van der Waals surface area contributed by atoms with Crippen LogP contribution in [0.15, 0.2) is 0 Å². The lowest BCUT2D eigenvalue weighted by Gasteiger charge is -2.29. The highest BCUT2D eigenvalue weighted by atomic mass is 35.5.